The molecule has 1 saturated heterocycles. The van der Waals surface area contributed by atoms with Gasteiger partial charge >= 0.3 is 0 Å². The van der Waals surface area contributed by atoms with Gasteiger partial charge < -0.3 is 15.4 Å². The highest BCUT2D eigenvalue weighted by molar-refractivity contribution is 7.11. The van der Waals surface area contributed by atoms with Gasteiger partial charge in [-0.1, -0.05) is 20.8 Å². The lowest BCUT2D eigenvalue weighted by Gasteiger charge is -2.35. The molecule has 2 rings (SSSR count). The minimum absolute atomic E-state index is 0.524. The van der Waals surface area contributed by atoms with Crippen molar-refractivity contribution in [3.8, 4) is 0 Å². The number of aryl methyl sites for hydroxylation is 1. The average molecular weight is 367 g/mol. The molecule has 0 aliphatic carbocycles. The number of nitrogens with one attached hydrogen (secondary N) is 2. The third kappa shape index (κ3) is 6.96. The van der Waals surface area contributed by atoms with Crippen molar-refractivity contribution in [2.75, 3.05) is 39.9 Å². The van der Waals surface area contributed by atoms with Gasteiger partial charge in [0.2, 0.25) is 0 Å². The molecule has 5 nitrogen and oxygen atoms in total. The summed E-state index contributed by atoms with van der Waals surface area (Å²) in [5.74, 6) is 1.57. The van der Waals surface area contributed by atoms with Crippen molar-refractivity contribution in [3.63, 3.8) is 0 Å². The molecule has 2 N–H and O–H groups in total. The van der Waals surface area contributed by atoms with Crippen LogP contribution in [0.1, 0.15) is 36.9 Å². The van der Waals surface area contributed by atoms with E-state index in [9.17, 15) is 0 Å². The van der Waals surface area contributed by atoms with Gasteiger partial charge in [0.1, 0.15) is 0 Å². The lowest BCUT2D eigenvalue weighted by atomic mass is 10.0. The van der Waals surface area contributed by atoms with Crippen LogP contribution in [0.2, 0.25) is 0 Å². The highest BCUT2D eigenvalue weighted by Crippen LogP contribution is 2.16. The van der Waals surface area contributed by atoms with Crippen LogP contribution in [0.5, 0.6) is 0 Å². The van der Waals surface area contributed by atoms with E-state index < -0.39 is 0 Å². The molecule has 25 heavy (non-hydrogen) atoms. The molecule has 0 saturated carbocycles. The maximum Gasteiger partial charge on any atom is 0.191 e. The number of morpholine rings is 1. The number of thiophene rings is 1. The summed E-state index contributed by atoms with van der Waals surface area (Å²) in [7, 11) is 1.84. The quantitative estimate of drug-likeness (QED) is 0.549. The monoisotopic (exact) mass is 366 g/mol. The first-order valence-corrected chi connectivity index (χ1v) is 10.3. The minimum atomic E-state index is 0.524. The molecule has 1 aliphatic rings. The van der Waals surface area contributed by atoms with E-state index in [0.717, 1.165) is 51.8 Å². The lowest BCUT2D eigenvalue weighted by Crippen LogP contribution is -2.50. The van der Waals surface area contributed by atoms with E-state index in [2.05, 4.69) is 53.4 Å². The Balaban J connectivity index is 1.83. The van der Waals surface area contributed by atoms with Gasteiger partial charge in [-0.3, -0.25) is 9.89 Å². The molecule has 1 unspecified atom stereocenters. The first kappa shape index (κ1) is 20.2. The molecule has 142 valence electrons. The van der Waals surface area contributed by atoms with Gasteiger partial charge in [-0.2, -0.15) is 0 Å². The minimum Gasteiger partial charge on any atom is -0.379 e. The maximum absolute atomic E-state index is 5.50. The lowest BCUT2D eigenvalue weighted by molar-refractivity contribution is 0.0132. The van der Waals surface area contributed by atoms with E-state index in [-0.39, 0.29) is 0 Å². The maximum atomic E-state index is 5.50. The average Bonchev–Trinajstić information content (AvgIpc) is 3.09. The molecular weight excluding hydrogens is 332 g/mol. The second kappa shape index (κ2) is 10.8. The van der Waals surface area contributed by atoms with Crippen molar-refractivity contribution in [2.24, 2.45) is 10.9 Å². The van der Waals surface area contributed by atoms with Crippen molar-refractivity contribution in [2.45, 2.75) is 46.2 Å². The normalized spacial score (nSPS) is 17.7. The van der Waals surface area contributed by atoms with Gasteiger partial charge in [0.15, 0.2) is 5.96 Å². The number of aliphatic imine (C=N–C) groups is 1. The van der Waals surface area contributed by atoms with Crippen LogP contribution >= 0.6 is 11.3 Å². The molecule has 1 atom stereocenters. The van der Waals surface area contributed by atoms with Crippen LogP contribution < -0.4 is 10.6 Å². The van der Waals surface area contributed by atoms with Crippen molar-refractivity contribution < 1.29 is 4.74 Å². The smallest absolute Gasteiger partial charge is 0.191 e. The Hall–Kier alpha value is -1.11. The molecule has 1 aromatic rings. The van der Waals surface area contributed by atoms with E-state index in [1.807, 2.05) is 18.4 Å². The van der Waals surface area contributed by atoms with E-state index in [1.165, 1.54) is 16.2 Å². The van der Waals surface area contributed by atoms with E-state index in [1.54, 1.807) is 0 Å². The Kier molecular flexibility index (Phi) is 8.72. The van der Waals surface area contributed by atoms with Crippen LogP contribution in [0, 0.1) is 5.92 Å². The highest BCUT2D eigenvalue weighted by Gasteiger charge is 2.22. The van der Waals surface area contributed by atoms with Gasteiger partial charge in [-0.25, -0.2) is 0 Å². The Bertz CT molecular complexity index is 523. The summed E-state index contributed by atoms with van der Waals surface area (Å²) < 4.78 is 5.50. The second-order valence-corrected chi connectivity index (χ2v) is 8.21. The zero-order chi connectivity index (χ0) is 18.1. The van der Waals surface area contributed by atoms with Gasteiger partial charge in [0.05, 0.1) is 19.8 Å². The molecule has 1 fully saturated rings. The van der Waals surface area contributed by atoms with Crippen molar-refractivity contribution >= 4 is 17.3 Å². The van der Waals surface area contributed by atoms with E-state index in [4.69, 9.17) is 4.74 Å². The largest absolute Gasteiger partial charge is 0.379 e. The van der Waals surface area contributed by atoms with Crippen molar-refractivity contribution in [1.29, 1.82) is 0 Å². The second-order valence-electron chi connectivity index (χ2n) is 6.96. The van der Waals surface area contributed by atoms with E-state index >= 15 is 0 Å². The van der Waals surface area contributed by atoms with Crippen LogP contribution in [-0.4, -0.2) is 56.8 Å². The summed E-state index contributed by atoms with van der Waals surface area (Å²) in [4.78, 5) is 9.72. The van der Waals surface area contributed by atoms with Crippen LogP contribution in [0.15, 0.2) is 17.1 Å². The molecule has 6 heteroatoms. The van der Waals surface area contributed by atoms with Gasteiger partial charge in [-0.15, -0.1) is 11.3 Å². The SMILES string of the molecule is CCc1ccc(CNC(=NC)NCC(CC(C)C)N2CCOCC2)s1. The Labute approximate surface area is 156 Å². The molecule has 0 aromatic carbocycles. The van der Waals surface area contributed by atoms with Gasteiger partial charge in [0.25, 0.3) is 0 Å². The number of hydrogen-bond donors (Lipinski definition) is 2. The summed E-state index contributed by atoms with van der Waals surface area (Å²) in [5, 5.41) is 6.97. The predicted octanol–water partition coefficient (Wildman–Crippen LogP) is 2.72. The standard InChI is InChI=1S/C19H34N4OS/c1-5-17-6-7-18(25-17)14-22-19(20-4)21-13-16(12-15(2)3)23-8-10-24-11-9-23/h6-7,15-16H,5,8-14H2,1-4H3,(H2,20,21,22). The molecule has 2 heterocycles. The fourth-order valence-electron chi connectivity index (χ4n) is 3.16. The first-order chi connectivity index (χ1) is 12.1. The molecule has 0 radical (unpaired) electrons. The molecular formula is C19H34N4OS. The molecule has 0 bridgehead atoms. The summed E-state index contributed by atoms with van der Waals surface area (Å²) in [6, 6.07) is 4.95. The first-order valence-electron chi connectivity index (χ1n) is 9.46. The zero-order valence-corrected chi connectivity index (χ0v) is 17.0. The third-order valence-electron chi connectivity index (χ3n) is 4.53. The Morgan fingerprint density at radius 1 is 1.24 bits per heavy atom. The summed E-state index contributed by atoms with van der Waals surface area (Å²) in [5.41, 5.74) is 0. The molecule has 1 aliphatic heterocycles. The topological polar surface area (TPSA) is 48.9 Å². The third-order valence-corrected chi connectivity index (χ3v) is 5.76. The molecule has 0 amide bonds. The van der Waals surface area contributed by atoms with E-state index in [0.29, 0.717) is 12.0 Å². The number of ether oxygens (including phenoxy) is 1. The van der Waals surface area contributed by atoms with Gasteiger partial charge in [0, 0.05) is 42.5 Å². The van der Waals surface area contributed by atoms with Crippen LogP contribution in [0.4, 0.5) is 0 Å². The van der Waals surface area contributed by atoms with Crippen LogP contribution in [0.25, 0.3) is 0 Å². The van der Waals surface area contributed by atoms with Gasteiger partial charge in [-0.05, 0) is 30.9 Å². The molecule has 1 aromatic heterocycles. The number of hydrogen-bond acceptors (Lipinski definition) is 4. The van der Waals surface area contributed by atoms with Crippen molar-refractivity contribution in [3.05, 3.63) is 21.9 Å². The predicted molar refractivity (Wildman–Crippen MR) is 108 cm³/mol. The van der Waals surface area contributed by atoms with Crippen LogP contribution in [0.3, 0.4) is 0 Å². The number of nitrogens with zero attached hydrogens (tertiary/aromatic N) is 2. The summed E-state index contributed by atoms with van der Waals surface area (Å²) in [6.45, 7) is 12.3. The zero-order valence-electron chi connectivity index (χ0n) is 16.2. The van der Waals surface area contributed by atoms with Crippen molar-refractivity contribution in [1.82, 2.24) is 15.5 Å². The summed E-state index contributed by atoms with van der Waals surface area (Å²) in [6.07, 6.45) is 2.29. The van der Waals surface area contributed by atoms with Crippen LogP contribution in [-0.2, 0) is 17.7 Å². The summed E-state index contributed by atoms with van der Waals surface area (Å²) >= 11 is 1.87. The Morgan fingerprint density at radius 2 is 1.96 bits per heavy atom. The fraction of sp³-hybridized carbons (Fsp3) is 0.737. The fourth-order valence-corrected chi connectivity index (χ4v) is 4.06. The number of guanidine groups is 1. The Morgan fingerprint density at radius 3 is 2.56 bits per heavy atom. The highest BCUT2D eigenvalue weighted by atomic mass is 32.1. The molecule has 0 spiro atoms. The number of rotatable bonds is 8.